The maximum absolute atomic E-state index is 12.4. The molecule has 2 fully saturated rings. The van der Waals surface area contributed by atoms with Gasteiger partial charge in [0.15, 0.2) is 0 Å². The van der Waals surface area contributed by atoms with Crippen LogP contribution in [0.25, 0.3) is 0 Å². The predicted molar refractivity (Wildman–Crippen MR) is 76.5 cm³/mol. The molecule has 8 heteroatoms. The zero-order chi connectivity index (χ0) is 17.2. The van der Waals surface area contributed by atoms with E-state index in [1.165, 1.54) is 0 Å². The molecular formula is C15H23F3N2O3. The molecule has 0 saturated carbocycles. The van der Waals surface area contributed by atoms with Gasteiger partial charge in [0, 0.05) is 25.6 Å². The Labute approximate surface area is 133 Å². The lowest BCUT2D eigenvalue weighted by Gasteiger charge is -2.37. The summed E-state index contributed by atoms with van der Waals surface area (Å²) >= 11 is 0. The van der Waals surface area contributed by atoms with Crippen molar-refractivity contribution in [2.24, 2.45) is 11.8 Å². The van der Waals surface area contributed by atoms with Crippen molar-refractivity contribution in [3.8, 4) is 0 Å². The van der Waals surface area contributed by atoms with E-state index in [2.05, 4.69) is 0 Å². The van der Waals surface area contributed by atoms with Crippen LogP contribution in [0.4, 0.5) is 13.2 Å². The van der Waals surface area contributed by atoms with Crippen LogP contribution in [0.1, 0.15) is 33.1 Å². The Morgan fingerprint density at radius 2 is 1.78 bits per heavy atom. The van der Waals surface area contributed by atoms with Crippen molar-refractivity contribution in [2.45, 2.75) is 51.4 Å². The van der Waals surface area contributed by atoms with E-state index in [1.807, 2.05) is 19.2 Å². The zero-order valence-electron chi connectivity index (χ0n) is 13.4. The highest BCUT2D eigenvalue weighted by atomic mass is 19.4. The number of hydrogen-bond donors (Lipinski definition) is 1. The molecule has 0 spiro atoms. The average Bonchev–Trinajstić information content (AvgIpc) is 2.93. The van der Waals surface area contributed by atoms with Gasteiger partial charge in [0.05, 0.1) is 12.1 Å². The van der Waals surface area contributed by atoms with Crippen LogP contribution in [0.5, 0.6) is 0 Å². The van der Waals surface area contributed by atoms with E-state index in [1.54, 1.807) is 4.90 Å². The fourth-order valence-electron chi connectivity index (χ4n) is 3.29. The first-order chi connectivity index (χ1) is 10.7. The van der Waals surface area contributed by atoms with E-state index in [4.69, 9.17) is 4.74 Å². The van der Waals surface area contributed by atoms with Crippen LogP contribution < -0.4 is 5.32 Å². The second-order valence-corrected chi connectivity index (χ2v) is 6.52. The molecule has 5 nitrogen and oxygen atoms in total. The van der Waals surface area contributed by atoms with E-state index in [-0.39, 0.29) is 17.7 Å². The maximum atomic E-state index is 12.4. The summed E-state index contributed by atoms with van der Waals surface area (Å²) in [6, 6.07) is -0.610. The molecule has 23 heavy (non-hydrogen) atoms. The second-order valence-electron chi connectivity index (χ2n) is 6.52. The molecule has 2 atom stereocenters. The van der Waals surface area contributed by atoms with Gasteiger partial charge in [0.25, 0.3) is 0 Å². The molecule has 0 aromatic carbocycles. The standard InChI is InChI=1S/C15H23F3N2O3/c1-9(2)13(21)20-6-3-10(4-7-20)12-11(5-8-23-12)19-14(22)15(16,17)18/h9-12H,3-8H2,1-2H3,(H,19,22)/t11-,12+/m1/s1. The Kier molecular flexibility index (Phi) is 5.54. The number of halogens is 3. The molecule has 2 saturated heterocycles. The van der Waals surface area contributed by atoms with Crippen LogP contribution in [-0.4, -0.2) is 54.7 Å². The Bertz CT molecular complexity index is 446. The van der Waals surface area contributed by atoms with Crippen LogP contribution in [0.2, 0.25) is 0 Å². The molecule has 0 unspecified atom stereocenters. The minimum absolute atomic E-state index is 0.0619. The van der Waals surface area contributed by atoms with Gasteiger partial charge in [-0.25, -0.2) is 0 Å². The molecule has 2 amide bonds. The van der Waals surface area contributed by atoms with Gasteiger partial charge in [-0.15, -0.1) is 0 Å². The highest BCUT2D eigenvalue weighted by Gasteiger charge is 2.44. The molecule has 0 aliphatic carbocycles. The Balaban J connectivity index is 1.89. The van der Waals surface area contributed by atoms with Gasteiger partial charge >= 0.3 is 12.1 Å². The first kappa shape index (κ1) is 18.0. The van der Waals surface area contributed by atoms with Gasteiger partial charge in [-0.2, -0.15) is 13.2 Å². The summed E-state index contributed by atoms with van der Waals surface area (Å²) in [7, 11) is 0. The Morgan fingerprint density at radius 3 is 2.30 bits per heavy atom. The van der Waals surface area contributed by atoms with Crippen LogP contribution in [0, 0.1) is 11.8 Å². The van der Waals surface area contributed by atoms with Gasteiger partial charge in [0.1, 0.15) is 0 Å². The number of ether oxygens (including phenoxy) is 1. The fraction of sp³-hybridized carbons (Fsp3) is 0.867. The van der Waals surface area contributed by atoms with Crippen molar-refractivity contribution < 1.29 is 27.5 Å². The van der Waals surface area contributed by atoms with Crippen molar-refractivity contribution in [3.05, 3.63) is 0 Å². The molecule has 2 heterocycles. The van der Waals surface area contributed by atoms with Crippen molar-refractivity contribution in [3.63, 3.8) is 0 Å². The molecule has 0 aromatic heterocycles. The lowest BCUT2D eigenvalue weighted by Crippen LogP contribution is -2.50. The topological polar surface area (TPSA) is 58.6 Å². The minimum atomic E-state index is -4.87. The third kappa shape index (κ3) is 4.37. The van der Waals surface area contributed by atoms with E-state index in [9.17, 15) is 22.8 Å². The summed E-state index contributed by atoms with van der Waals surface area (Å²) in [5.74, 6) is -1.82. The van der Waals surface area contributed by atoms with Gasteiger partial charge < -0.3 is 15.0 Å². The number of piperidine rings is 1. The average molecular weight is 336 g/mol. The van der Waals surface area contributed by atoms with Crippen LogP contribution in [0.3, 0.4) is 0 Å². The molecule has 2 aliphatic rings. The highest BCUT2D eigenvalue weighted by molar-refractivity contribution is 5.82. The monoisotopic (exact) mass is 336 g/mol. The number of carbonyl (C=O) groups is 2. The van der Waals surface area contributed by atoms with Gasteiger partial charge in [-0.1, -0.05) is 13.8 Å². The van der Waals surface area contributed by atoms with Crippen molar-refractivity contribution >= 4 is 11.8 Å². The Morgan fingerprint density at radius 1 is 1.17 bits per heavy atom. The largest absolute Gasteiger partial charge is 0.471 e. The van der Waals surface area contributed by atoms with Gasteiger partial charge in [0.2, 0.25) is 5.91 Å². The maximum Gasteiger partial charge on any atom is 0.471 e. The normalized spacial score (nSPS) is 26.6. The quantitative estimate of drug-likeness (QED) is 0.854. The third-order valence-electron chi connectivity index (χ3n) is 4.52. The summed E-state index contributed by atoms with van der Waals surface area (Å²) in [6.07, 6.45) is -3.53. The molecule has 0 aromatic rings. The molecule has 132 valence electrons. The van der Waals surface area contributed by atoms with Crippen molar-refractivity contribution in [1.82, 2.24) is 10.2 Å². The number of alkyl halides is 3. The molecular weight excluding hydrogens is 313 g/mol. The minimum Gasteiger partial charge on any atom is -0.376 e. The Hall–Kier alpha value is -1.31. The number of rotatable bonds is 3. The number of nitrogens with zero attached hydrogens (tertiary/aromatic N) is 1. The molecule has 2 rings (SSSR count). The van der Waals surface area contributed by atoms with Crippen LogP contribution in [0.15, 0.2) is 0 Å². The van der Waals surface area contributed by atoms with Gasteiger partial charge in [-0.05, 0) is 25.2 Å². The van der Waals surface area contributed by atoms with E-state index in [0.29, 0.717) is 39.0 Å². The SMILES string of the molecule is CC(C)C(=O)N1CCC([C@@H]2OCC[C@H]2NC(=O)C(F)(F)F)CC1. The number of likely N-dealkylation sites (tertiary alicyclic amines) is 1. The molecule has 0 radical (unpaired) electrons. The third-order valence-corrected chi connectivity index (χ3v) is 4.52. The van der Waals surface area contributed by atoms with E-state index < -0.39 is 24.2 Å². The van der Waals surface area contributed by atoms with E-state index >= 15 is 0 Å². The predicted octanol–water partition coefficient (Wildman–Crippen LogP) is 1.72. The van der Waals surface area contributed by atoms with Crippen molar-refractivity contribution in [1.29, 1.82) is 0 Å². The summed E-state index contributed by atoms with van der Waals surface area (Å²) < 4.78 is 42.7. The van der Waals surface area contributed by atoms with Crippen LogP contribution >= 0.6 is 0 Å². The van der Waals surface area contributed by atoms with E-state index in [0.717, 1.165) is 0 Å². The summed E-state index contributed by atoms with van der Waals surface area (Å²) in [4.78, 5) is 24.9. The zero-order valence-corrected chi connectivity index (χ0v) is 13.4. The molecule has 0 bridgehead atoms. The smallest absolute Gasteiger partial charge is 0.376 e. The summed E-state index contributed by atoms with van der Waals surface area (Å²) in [5.41, 5.74) is 0. The first-order valence-electron chi connectivity index (χ1n) is 7.98. The number of nitrogens with one attached hydrogen (secondary N) is 1. The van der Waals surface area contributed by atoms with Crippen LogP contribution in [-0.2, 0) is 14.3 Å². The number of hydrogen-bond acceptors (Lipinski definition) is 3. The lowest BCUT2D eigenvalue weighted by molar-refractivity contribution is -0.175. The molecule has 1 N–H and O–H groups in total. The number of amides is 2. The van der Waals surface area contributed by atoms with Gasteiger partial charge in [-0.3, -0.25) is 9.59 Å². The second kappa shape index (κ2) is 7.07. The summed E-state index contributed by atoms with van der Waals surface area (Å²) in [6.45, 7) is 5.20. The first-order valence-corrected chi connectivity index (χ1v) is 7.98. The fourth-order valence-corrected chi connectivity index (χ4v) is 3.29. The van der Waals surface area contributed by atoms with Crippen molar-refractivity contribution in [2.75, 3.05) is 19.7 Å². The number of carbonyl (C=O) groups excluding carboxylic acids is 2. The summed E-state index contributed by atoms with van der Waals surface area (Å²) in [5, 5.41) is 2.05. The lowest BCUT2D eigenvalue weighted by atomic mass is 9.87. The molecule has 2 aliphatic heterocycles. The highest BCUT2D eigenvalue weighted by Crippen LogP contribution is 2.30.